The van der Waals surface area contributed by atoms with Crippen molar-refractivity contribution in [1.82, 2.24) is 5.43 Å². The number of hydrogen-bond donors (Lipinski definition) is 1. The first-order valence-electron chi connectivity index (χ1n) is 7.77. The first kappa shape index (κ1) is 18.5. The first-order chi connectivity index (χ1) is 11.4. The van der Waals surface area contributed by atoms with Crippen LogP contribution < -0.4 is 5.43 Å². The summed E-state index contributed by atoms with van der Waals surface area (Å²) in [5.74, 6) is -0.145. The van der Waals surface area contributed by atoms with Crippen molar-refractivity contribution in [2.75, 3.05) is 0 Å². The Labute approximate surface area is 152 Å². The maximum absolute atomic E-state index is 12.2. The molecule has 0 aliphatic heterocycles. The SMILES string of the molecule is CC/C(=N/NC(=O)Cc1ccc(C)cc1C)c1ccc(Cl)c(Cl)c1. The van der Waals surface area contributed by atoms with Gasteiger partial charge in [-0.2, -0.15) is 5.10 Å². The van der Waals surface area contributed by atoms with E-state index < -0.39 is 0 Å². The van der Waals surface area contributed by atoms with Crippen molar-refractivity contribution < 1.29 is 4.79 Å². The molecule has 0 bridgehead atoms. The van der Waals surface area contributed by atoms with Crippen LogP contribution in [0.3, 0.4) is 0 Å². The minimum atomic E-state index is -0.145. The van der Waals surface area contributed by atoms with E-state index in [9.17, 15) is 4.79 Å². The smallest absolute Gasteiger partial charge is 0.244 e. The molecule has 2 aromatic carbocycles. The van der Waals surface area contributed by atoms with Gasteiger partial charge in [0, 0.05) is 0 Å². The molecule has 0 saturated carbocycles. The van der Waals surface area contributed by atoms with E-state index in [1.54, 1.807) is 12.1 Å². The third kappa shape index (κ3) is 4.83. The highest BCUT2D eigenvalue weighted by Crippen LogP contribution is 2.23. The van der Waals surface area contributed by atoms with Gasteiger partial charge in [0.1, 0.15) is 0 Å². The number of aryl methyl sites for hydroxylation is 2. The zero-order valence-electron chi connectivity index (χ0n) is 14.0. The van der Waals surface area contributed by atoms with Crippen LogP contribution in [0.5, 0.6) is 0 Å². The summed E-state index contributed by atoms with van der Waals surface area (Å²) < 4.78 is 0. The number of hydrogen-bond acceptors (Lipinski definition) is 2. The van der Waals surface area contributed by atoms with Crippen molar-refractivity contribution >= 4 is 34.8 Å². The van der Waals surface area contributed by atoms with Gasteiger partial charge in [0.05, 0.1) is 22.2 Å². The molecule has 1 amide bonds. The van der Waals surface area contributed by atoms with Crippen LogP contribution in [0.25, 0.3) is 0 Å². The predicted molar refractivity (Wildman–Crippen MR) is 101 cm³/mol. The Morgan fingerprint density at radius 1 is 1.08 bits per heavy atom. The van der Waals surface area contributed by atoms with Gasteiger partial charge in [0.2, 0.25) is 5.91 Å². The van der Waals surface area contributed by atoms with Crippen LogP contribution in [0, 0.1) is 13.8 Å². The molecule has 2 rings (SSSR count). The van der Waals surface area contributed by atoms with Crippen LogP contribution >= 0.6 is 23.2 Å². The Morgan fingerprint density at radius 3 is 2.46 bits per heavy atom. The Balaban J connectivity index is 2.09. The van der Waals surface area contributed by atoms with Gasteiger partial charge in [0.15, 0.2) is 0 Å². The van der Waals surface area contributed by atoms with Gasteiger partial charge >= 0.3 is 0 Å². The number of hydrazone groups is 1. The lowest BCUT2D eigenvalue weighted by molar-refractivity contribution is -0.120. The number of benzene rings is 2. The molecule has 0 unspecified atom stereocenters. The number of nitrogens with one attached hydrogen (secondary N) is 1. The molecule has 0 atom stereocenters. The molecule has 0 aliphatic carbocycles. The van der Waals surface area contributed by atoms with Crippen LogP contribution in [-0.4, -0.2) is 11.6 Å². The molecule has 3 nitrogen and oxygen atoms in total. The van der Waals surface area contributed by atoms with E-state index in [0.717, 1.165) is 22.4 Å². The van der Waals surface area contributed by atoms with Crippen molar-refractivity contribution in [1.29, 1.82) is 0 Å². The second-order valence-electron chi connectivity index (χ2n) is 5.68. The highest BCUT2D eigenvalue weighted by molar-refractivity contribution is 6.42. The van der Waals surface area contributed by atoms with E-state index in [2.05, 4.69) is 16.6 Å². The Kier molecular flexibility index (Phi) is 6.41. The minimum Gasteiger partial charge on any atom is -0.273 e. The monoisotopic (exact) mass is 362 g/mol. The number of carbonyl (C=O) groups excluding carboxylic acids is 1. The van der Waals surface area contributed by atoms with Crippen molar-refractivity contribution in [3.05, 3.63) is 68.7 Å². The van der Waals surface area contributed by atoms with E-state index in [1.165, 1.54) is 5.56 Å². The number of amides is 1. The normalized spacial score (nSPS) is 11.5. The van der Waals surface area contributed by atoms with Crippen molar-refractivity contribution in [3.8, 4) is 0 Å². The largest absolute Gasteiger partial charge is 0.273 e. The zero-order valence-corrected chi connectivity index (χ0v) is 15.5. The van der Waals surface area contributed by atoms with Crippen molar-refractivity contribution in [3.63, 3.8) is 0 Å². The number of rotatable bonds is 5. The minimum absolute atomic E-state index is 0.145. The van der Waals surface area contributed by atoms with Crippen LogP contribution in [0.1, 0.15) is 35.6 Å². The highest BCUT2D eigenvalue weighted by atomic mass is 35.5. The first-order valence-corrected chi connectivity index (χ1v) is 8.53. The molecule has 24 heavy (non-hydrogen) atoms. The maximum atomic E-state index is 12.2. The molecule has 2 aromatic rings. The van der Waals surface area contributed by atoms with Gasteiger partial charge in [-0.05, 0) is 49.1 Å². The second-order valence-corrected chi connectivity index (χ2v) is 6.50. The molecule has 0 aliphatic rings. The lowest BCUT2D eigenvalue weighted by Gasteiger charge is -2.08. The quantitative estimate of drug-likeness (QED) is 0.584. The summed E-state index contributed by atoms with van der Waals surface area (Å²) >= 11 is 12.0. The van der Waals surface area contributed by atoms with E-state index in [1.807, 2.05) is 39.0 Å². The summed E-state index contributed by atoms with van der Waals surface area (Å²) in [6, 6.07) is 11.4. The molecule has 0 aromatic heterocycles. The maximum Gasteiger partial charge on any atom is 0.244 e. The van der Waals surface area contributed by atoms with Crippen LogP contribution in [0.2, 0.25) is 10.0 Å². The fraction of sp³-hybridized carbons (Fsp3) is 0.263. The van der Waals surface area contributed by atoms with Crippen molar-refractivity contribution in [2.24, 2.45) is 5.10 Å². The number of halogens is 2. The van der Waals surface area contributed by atoms with Gasteiger partial charge in [-0.25, -0.2) is 5.43 Å². The average molecular weight is 363 g/mol. The van der Waals surface area contributed by atoms with E-state index in [4.69, 9.17) is 23.2 Å². The molecule has 5 heteroatoms. The van der Waals surface area contributed by atoms with Gasteiger partial charge in [-0.15, -0.1) is 0 Å². The molecule has 0 radical (unpaired) electrons. The summed E-state index contributed by atoms with van der Waals surface area (Å²) in [5, 5.41) is 5.21. The zero-order chi connectivity index (χ0) is 17.7. The Morgan fingerprint density at radius 2 is 1.83 bits per heavy atom. The molecule has 0 saturated heterocycles. The molecule has 0 heterocycles. The molecular weight excluding hydrogens is 343 g/mol. The van der Waals surface area contributed by atoms with E-state index in [0.29, 0.717) is 22.9 Å². The van der Waals surface area contributed by atoms with Gasteiger partial charge in [-0.1, -0.05) is 60.0 Å². The van der Waals surface area contributed by atoms with Crippen LogP contribution in [-0.2, 0) is 11.2 Å². The third-order valence-electron chi connectivity index (χ3n) is 3.75. The second kappa shape index (κ2) is 8.32. The van der Waals surface area contributed by atoms with Gasteiger partial charge in [-0.3, -0.25) is 4.79 Å². The average Bonchev–Trinajstić information content (AvgIpc) is 2.54. The lowest BCUT2D eigenvalue weighted by Crippen LogP contribution is -2.22. The summed E-state index contributed by atoms with van der Waals surface area (Å²) in [7, 11) is 0. The summed E-state index contributed by atoms with van der Waals surface area (Å²) in [5.41, 5.74) is 7.52. The fourth-order valence-corrected chi connectivity index (χ4v) is 2.71. The summed E-state index contributed by atoms with van der Waals surface area (Å²) in [4.78, 5) is 12.2. The molecule has 1 N–H and O–H groups in total. The Hall–Kier alpha value is -1.84. The molecule has 0 spiro atoms. The standard InChI is InChI=1S/C19H20Cl2N2O/c1-4-18(15-7-8-16(20)17(21)10-15)22-23-19(24)11-14-6-5-12(2)9-13(14)3/h5-10H,4,11H2,1-3H3,(H,23,24)/b22-18-. The topological polar surface area (TPSA) is 41.5 Å². The predicted octanol–water partition coefficient (Wildman–Crippen LogP) is 5.08. The highest BCUT2D eigenvalue weighted by Gasteiger charge is 2.08. The molecule has 126 valence electrons. The van der Waals surface area contributed by atoms with Crippen LogP contribution in [0.4, 0.5) is 0 Å². The van der Waals surface area contributed by atoms with Crippen molar-refractivity contribution in [2.45, 2.75) is 33.6 Å². The molecule has 0 fully saturated rings. The van der Waals surface area contributed by atoms with Gasteiger partial charge < -0.3 is 0 Å². The van der Waals surface area contributed by atoms with E-state index in [-0.39, 0.29) is 5.91 Å². The molecular formula is C19H20Cl2N2O. The number of carbonyl (C=O) groups is 1. The fourth-order valence-electron chi connectivity index (χ4n) is 2.41. The van der Waals surface area contributed by atoms with Crippen LogP contribution in [0.15, 0.2) is 41.5 Å². The number of nitrogens with zero attached hydrogens (tertiary/aromatic N) is 1. The van der Waals surface area contributed by atoms with Gasteiger partial charge in [0.25, 0.3) is 0 Å². The summed E-state index contributed by atoms with van der Waals surface area (Å²) in [6.07, 6.45) is 0.968. The third-order valence-corrected chi connectivity index (χ3v) is 4.49. The lowest BCUT2D eigenvalue weighted by atomic mass is 10.0. The van der Waals surface area contributed by atoms with E-state index >= 15 is 0 Å². The summed E-state index contributed by atoms with van der Waals surface area (Å²) in [6.45, 7) is 6.01. The Bertz CT molecular complexity index is 785.